The third-order valence-corrected chi connectivity index (χ3v) is 2.69. The van der Waals surface area contributed by atoms with E-state index in [2.05, 4.69) is 0 Å². The standard InChI is InChI=1S/C13H18N2O3/c1-3-5-11-9-12(15(17)18)6-7-13(11)14(10-16)8-4-2/h6-7,9-10H,3-5,8H2,1-2H3. The Morgan fingerprint density at radius 3 is 2.56 bits per heavy atom. The highest BCUT2D eigenvalue weighted by molar-refractivity contribution is 5.77. The van der Waals surface area contributed by atoms with Crippen molar-refractivity contribution >= 4 is 17.8 Å². The summed E-state index contributed by atoms with van der Waals surface area (Å²) in [6, 6.07) is 4.67. The van der Waals surface area contributed by atoms with Crippen LogP contribution < -0.4 is 4.90 Å². The van der Waals surface area contributed by atoms with E-state index in [1.165, 1.54) is 6.07 Å². The predicted molar refractivity (Wildman–Crippen MR) is 70.8 cm³/mol. The fourth-order valence-electron chi connectivity index (χ4n) is 1.91. The van der Waals surface area contributed by atoms with E-state index in [0.29, 0.717) is 6.54 Å². The van der Waals surface area contributed by atoms with Gasteiger partial charge in [0, 0.05) is 24.4 Å². The first-order chi connectivity index (χ1) is 8.63. The first-order valence-electron chi connectivity index (χ1n) is 6.13. The molecule has 0 aliphatic carbocycles. The number of benzene rings is 1. The number of nitro groups is 1. The molecule has 1 aromatic carbocycles. The Labute approximate surface area is 107 Å². The van der Waals surface area contributed by atoms with Gasteiger partial charge in [-0.15, -0.1) is 0 Å². The van der Waals surface area contributed by atoms with Gasteiger partial charge in [0.2, 0.25) is 6.41 Å². The van der Waals surface area contributed by atoms with Crippen LogP contribution in [-0.2, 0) is 11.2 Å². The normalized spacial score (nSPS) is 10.1. The maximum atomic E-state index is 11.1. The van der Waals surface area contributed by atoms with E-state index in [1.807, 2.05) is 13.8 Å². The molecule has 0 fully saturated rings. The lowest BCUT2D eigenvalue weighted by Crippen LogP contribution is -2.23. The Hall–Kier alpha value is -1.91. The predicted octanol–water partition coefficient (Wildman–Crippen LogP) is 2.92. The highest BCUT2D eigenvalue weighted by Gasteiger charge is 2.14. The Morgan fingerprint density at radius 2 is 2.06 bits per heavy atom. The number of aryl methyl sites for hydroxylation is 1. The molecule has 0 aromatic heterocycles. The summed E-state index contributed by atoms with van der Waals surface area (Å²) >= 11 is 0. The van der Waals surface area contributed by atoms with Crippen molar-refractivity contribution < 1.29 is 9.72 Å². The van der Waals surface area contributed by atoms with Crippen molar-refractivity contribution in [2.75, 3.05) is 11.4 Å². The summed E-state index contributed by atoms with van der Waals surface area (Å²) < 4.78 is 0. The minimum absolute atomic E-state index is 0.0737. The van der Waals surface area contributed by atoms with Gasteiger partial charge in [0.05, 0.1) is 4.92 Å². The molecule has 0 heterocycles. The number of nitro benzene ring substituents is 1. The van der Waals surface area contributed by atoms with Gasteiger partial charge in [-0.3, -0.25) is 14.9 Å². The molecule has 1 aromatic rings. The van der Waals surface area contributed by atoms with Gasteiger partial charge in [-0.2, -0.15) is 0 Å². The van der Waals surface area contributed by atoms with E-state index in [4.69, 9.17) is 0 Å². The maximum absolute atomic E-state index is 11.1. The van der Waals surface area contributed by atoms with Crippen molar-refractivity contribution in [1.82, 2.24) is 0 Å². The lowest BCUT2D eigenvalue weighted by atomic mass is 10.1. The van der Waals surface area contributed by atoms with Crippen LogP contribution in [0.2, 0.25) is 0 Å². The molecule has 0 bridgehead atoms. The minimum atomic E-state index is -0.409. The largest absolute Gasteiger partial charge is 0.315 e. The van der Waals surface area contributed by atoms with E-state index in [-0.39, 0.29) is 5.69 Å². The van der Waals surface area contributed by atoms with Crippen molar-refractivity contribution in [3.05, 3.63) is 33.9 Å². The van der Waals surface area contributed by atoms with Crippen LogP contribution in [-0.4, -0.2) is 17.9 Å². The number of hydrogen-bond acceptors (Lipinski definition) is 3. The smallest absolute Gasteiger partial charge is 0.269 e. The van der Waals surface area contributed by atoms with Crippen LogP contribution in [0.3, 0.4) is 0 Å². The van der Waals surface area contributed by atoms with Crippen LogP contribution in [0.25, 0.3) is 0 Å². The van der Waals surface area contributed by atoms with Crippen LogP contribution in [0.15, 0.2) is 18.2 Å². The highest BCUT2D eigenvalue weighted by atomic mass is 16.6. The lowest BCUT2D eigenvalue weighted by Gasteiger charge is -2.19. The zero-order chi connectivity index (χ0) is 13.5. The molecule has 0 radical (unpaired) electrons. The highest BCUT2D eigenvalue weighted by Crippen LogP contribution is 2.26. The molecule has 0 N–H and O–H groups in total. The Kier molecular flexibility index (Phi) is 5.30. The van der Waals surface area contributed by atoms with Crippen molar-refractivity contribution in [1.29, 1.82) is 0 Å². The van der Waals surface area contributed by atoms with Gasteiger partial charge in [0.1, 0.15) is 0 Å². The van der Waals surface area contributed by atoms with Gasteiger partial charge in [0.25, 0.3) is 5.69 Å². The van der Waals surface area contributed by atoms with Crippen molar-refractivity contribution in [3.8, 4) is 0 Å². The van der Waals surface area contributed by atoms with Gasteiger partial charge in [-0.25, -0.2) is 0 Å². The number of anilines is 1. The molecule has 0 aliphatic heterocycles. The number of amides is 1. The molecular weight excluding hydrogens is 232 g/mol. The zero-order valence-electron chi connectivity index (χ0n) is 10.8. The fraction of sp³-hybridized carbons (Fsp3) is 0.462. The first-order valence-corrected chi connectivity index (χ1v) is 6.13. The third kappa shape index (κ3) is 3.29. The molecule has 1 amide bonds. The van der Waals surface area contributed by atoms with E-state index in [0.717, 1.165) is 36.9 Å². The summed E-state index contributed by atoms with van der Waals surface area (Å²) in [6.07, 6.45) is 3.24. The molecular formula is C13H18N2O3. The summed E-state index contributed by atoms with van der Waals surface area (Å²) in [5, 5.41) is 10.8. The van der Waals surface area contributed by atoms with Crippen LogP contribution in [0, 0.1) is 10.1 Å². The molecule has 0 saturated carbocycles. The van der Waals surface area contributed by atoms with Crippen molar-refractivity contribution in [2.45, 2.75) is 33.1 Å². The molecule has 0 saturated heterocycles. The Morgan fingerprint density at radius 1 is 1.33 bits per heavy atom. The molecule has 0 atom stereocenters. The Bertz CT molecular complexity index is 432. The second-order valence-electron chi connectivity index (χ2n) is 4.12. The summed E-state index contributed by atoms with van der Waals surface area (Å²) in [7, 11) is 0. The molecule has 5 nitrogen and oxygen atoms in total. The van der Waals surface area contributed by atoms with E-state index >= 15 is 0 Å². The second-order valence-corrected chi connectivity index (χ2v) is 4.12. The number of carbonyl (C=O) groups excluding carboxylic acids is 1. The van der Waals surface area contributed by atoms with E-state index < -0.39 is 4.92 Å². The molecule has 98 valence electrons. The second kappa shape index (κ2) is 6.74. The quantitative estimate of drug-likeness (QED) is 0.424. The van der Waals surface area contributed by atoms with Gasteiger partial charge >= 0.3 is 0 Å². The number of hydrogen-bond donors (Lipinski definition) is 0. The van der Waals surface area contributed by atoms with Crippen molar-refractivity contribution in [3.63, 3.8) is 0 Å². The Balaban J connectivity index is 3.16. The SMILES string of the molecule is CCCc1cc([N+](=O)[O-])ccc1N(C=O)CCC. The molecule has 18 heavy (non-hydrogen) atoms. The first kappa shape index (κ1) is 14.2. The lowest BCUT2D eigenvalue weighted by molar-refractivity contribution is -0.384. The van der Waals surface area contributed by atoms with Crippen LogP contribution in [0.1, 0.15) is 32.3 Å². The summed E-state index contributed by atoms with van der Waals surface area (Å²) in [5.41, 5.74) is 1.70. The third-order valence-electron chi connectivity index (χ3n) is 2.69. The molecule has 0 unspecified atom stereocenters. The van der Waals surface area contributed by atoms with Gasteiger partial charge in [-0.1, -0.05) is 20.3 Å². The number of carbonyl (C=O) groups is 1. The summed E-state index contributed by atoms with van der Waals surface area (Å²) in [5.74, 6) is 0. The summed E-state index contributed by atoms with van der Waals surface area (Å²) in [4.78, 5) is 23.0. The zero-order valence-corrected chi connectivity index (χ0v) is 10.8. The average molecular weight is 250 g/mol. The van der Waals surface area contributed by atoms with Crippen LogP contribution in [0.5, 0.6) is 0 Å². The molecule has 0 aliphatic rings. The number of rotatable bonds is 7. The number of non-ortho nitro benzene ring substituents is 1. The van der Waals surface area contributed by atoms with Gasteiger partial charge in [0.15, 0.2) is 0 Å². The van der Waals surface area contributed by atoms with E-state index in [1.54, 1.807) is 17.0 Å². The average Bonchev–Trinajstić information content (AvgIpc) is 2.36. The monoisotopic (exact) mass is 250 g/mol. The molecule has 1 rings (SSSR count). The van der Waals surface area contributed by atoms with Crippen LogP contribution >= 0.6 is 0 Å². The fourth-order valence-corrected chi connectivity index (χ4v) is 1.91. The molecule has 0 spiro atoms. The topological polar surface area (TPSA) is 63.5 Å². The van der Waals surface area contributed by atoms with Gasteiger partial charge in [-0.05, 0) is 24.5 Å². The molecule has 5 heteroatoms. The summed E-state index contributed by atoms with van der Waals surface area (Å²) in [6.45, 7) is 4.62. The number of nitrogens with zero attached hydrogens (tertiary/aromatic N) is 2. The maximum Gasteiger partial charge on any atom is 0.269 e. The minimum Gasteiger partial charge on any atom is -0.315 e. The van der Waals surface area contributed by atoms with Gasteiger partial charge < -0.3 is 4.90 Å². The van der Waals surface area contributed by atoms with Crippen LogP contribution in [0.4, 0.5) is 11.4 Å². The van der Waals surface area contributed by atoms with E-state index in [9.17, 15) is 14.9 Å². The van der Waals surface area contributed by atoms with Crippen molar-refractivity contribution in [2.24, 2.45) is 0 Å².